The van der Waals surface area contributed by atoms with E-state index >= 15 is 0 Å². The summed E-state index contributed by atoms with van der Waals surface area (Å²) in [6, 6.07) is 2.21. The van der Waals surface area contributed by atoms with Crippen molar-refractivity contribution in [3.05, 3.63) is 29.8 Å². The highest BCUT2D eigenvalue weighted by Gasteiger charge is 2.15. The van der Waals surface area contributed by atoms with E-state index < -0.39 is 21.7 Å². The molecule has 1 rings (SSSR count). The number of benzene rings is 1. The Morgan fingerprint density at radius 3 is 2.25 bits per heavy atom. The molecule has 6 heteroatoms. The molecule has 1 N–H and O–H groups in total. The molecule has 1 aromatic rings. The molecule has 0 radical (unpaired) electrons. The van der Waals surface area contributed by atoms with E-state index in [1.165, 1.54) is 0 Å². The standard InChI is InChI=1S/C10H13F2NO2S/c1-2-3-4-13-16(14,15)10-6-8(11)5-9(12)7-10/h5-7,13H,2-4H2,1H3. The predicted octanol–water partition coefficient (Wildman–Crippen LogP) is 2.04. The Kier molecular flexibility index (Phi) is 4.37. The minimum absolute atomic E-state index is 0.261. The largest absolute Gasteiger partial charge is 0.240 e. The first kappa shape index (κ1) is 13.1. The van der Waals surface area contributed by atoms with Gasteiger partial charge in [0, 0.05) is 12.6 Å². The number of hydrogen-bond donors (Lipinski definition) is 1. The van der Waals surface area contributed by atoms with E-state index in [2.05, 4.69) is 4.72 Å². The summed E-state index contributed by atoms with van der Waals surface area (Å²) in [5, 5.41) is 0. The van der Waals surface area contributed by atoms with Gasteiger partial charge in [0.05, 0.1) is 4.90 Å². The van der Waals surface area contributed by atoms with Crippen LogP contribution in [0.2, 0.25) is 0 Å². The lowest BCUT2D eigenvalue weighted by atomic mass is 10.3. The molecule has 0 fully saturated rings. The van der Waals surface area contributed by atoms with Gasteiger partial charge in [0.2, 0.25) is 10.0 Å². The highest BCUT2D eigenvalue weighted by Crippen LogP contribution is 2.13. The van der Waals surface area contributed by atoms with Crippen LogP contribution in [0.25, 0.3) is 0 Å². The van der Waals surface area contributed by atoms with Gasteiger partial charge in [-0.05, 0) is 18.6 Å². The SMILES string of the molecule is CCCCNS(=O)(=O)c1cc(F)cc(F)c1. The maximum absolute atomic E-state index is 12.8. The van der Waals surface area contributed by atoms with Gasteiger partial charge in [-0.2, -0.15) is 0 Å². The number of halogens is 2. The first-order valence-corrected chi connectivity index (χ1v) is 6.40. The summed E-state index contributed by atoms with van der Waals surface area (Å²) in [4.78, 5) is -0.388. The van der Waals surface area contributed by atoms with Crippen LogP contribution in [0.5, 0.6) is 0 Å². The number of unbranched alkanes of at least 4 members (excludes halogenated alkanes) is 1. The van der Waals surface area contributed by atoms with E-state index in [4.69, 9.17) is 0 Å². The van der Waals surface area contributed by atoms with Crippen molar-refractivity contribution >= 4 is 10.0 Å². The van der Waals surface area contributed by atoms with Gasteiger partial charge in [-0.15, -0.1) is 0 Å². The molecular formula is C10H13F2NO2S. The monoisotopic (exact) mass is 249 g/mol. The van der Waals surface area contributed by atoms with Crippen molar-refractivity contribution < 1.29 is 17.2 Å². The van der Waals surface area contributed by atoms with Gasteiger partial charge in [-0.25, -0.2) is 21.9 Å². The molecule has 0 heterocycles. The summed E-state index contributed by atoms with van der Waals surface area (Å²) in [6.45, 7) is 2.17. The number of rotatable bonds is 5. The molecule has 0 saturated heterocycles. The number of sulfonamides is 1. The third kappa shape index (κ3) is 3.53. The minimum atomic E-state index is -3.81. The van der Waals surface area contributed by atoms with Crippen LogP contribution >= 0.6 is 0 Å². The number of hydrogen-bond acceptors (Lipinski definition) is 2. The average molecular weight is 249 g/mol. The first-order valence-electron chi connectivity index (χ1n) is 4.91. The van der Waals surface area contributed by atoms with Gasteiger partial charge in [0.1, 0.15) is 11.6 Å². The minimum Gasteiger partial charge on any atom is -0.211 e. The zero-order valence-corrected chi connectivity index (χ0v) is 9.65. The van der Waals surface area contributed by atoms with E-state index in [1.54, 1.807) is 0 Å². The van der Waals surface area contributed by atoms with Gasteiger partial charge in [0.25, 0.3) is 0 Å². The summed E-state index contributed by atoms with van der Waals surface area (Å²) >= 11 is 0. The second-order valence-electron chi connectivity index (χ2n) is 3.36. The van der Waals surface area contributed by atoms with Crippen molar-refractivity contribution in [2.75, 3.05) is 6.54 Å². The Morgan fingerprint density at radius 2 is 1.75 bits per heavy atom. The van der Waals surface area contributed by atoms with Gasteiger partial charge in [-0.3, -0.25) is 0 Å². The molecule has 90 valence electrons. The Labute approximate surface area is 93.5 Å². The molecule has 0 saturated carbocycles. The molecular weight excluding hydrogens is 236 g/mol. The molecule has 0 aromatic heterocycles. The van der Waals surface area contributed by atoms with E-state index in [0.717, 1.165) is 18.6 Å². The zero-order chi connectivity index (χ0) is 12.2. The van der Waals surface area contributed by atoms with Gasteiger partial charge < -0.3 is 0 Å². The summed E-state index contributed by atoms with van der Waals surface area (Å²) < 4.78 is 51.0. The third-order valence-electron chi connectivity index (χ3n) is 1.97. The molecule has 16 heavy (non-hydrogen) atoms. The molecule has 0 aliphatic carbocycles. The lowest BCUT2D eigenvalue weighted by Gasteiger charge is -2.06. The summed E-state index contributed by atoms with van der Waals surface area (Å²) in [5.41, 5.74) is 0. The predicted molar refractivity (Wildman–Crippen MR) is 56.5 cm³/mol. The quantitative estimate of drug-likeness (QED) is 0.812. The van der Waals surface area contributed by atoms with Gasteiger partial charge >= 0.3 is 0 Å². The maximum Gasteiger partial charge on any atom is 0.240 e. The van der Waals surface area contributed by atoms with Gasteiger partial charge in [0.15, 0.2) is 0 Å². The fraction of sp³-hybridized carbons (Fsp3) is 0.400. The van der Waals surface area contributed by atoms with Crippen molar-refractivity contribution in [1.82, 2.24) is 4.72 Å². The molecule has 1 aromatic carbocycles. The fourth-order valence-electron chi connectivity index (χ4n) is 1.15. The smallest absolute Gasteiger partial charge is 0.211 e. The van der Waals surface area contributed by atoms with Crippen molar-refractivity contribution in [3.63, 3.8) is 0 Å². The molecule has 0 spiro atoms. The Bertz CT molecular complexity index is 440. The topological polar surface area (TPSA) is 46.2 Å². The Balaban J connectivity index is 2.89. The molecule has 3 nitrogen and oxygen atoms in total. The van der Waals surface area contributed by atoms with Crippen LogP contribution < -0.4 is 4.72 Å². The van der Waals surface area contributed by atoms with E-state index in [1.807, 2.05) is 6.92 Å². The van der Waals surface area contributed by atoms with Crippen LogP contribution in [0.1, 0.15) is 19.8 Å². The van der Waals surface area contributed by atoms with Crippen molar-refractivity contribution in [2.24, 2.45) is 0 Å². The van der Waals surface area contributed by atoms with E-state index in [0.29, 0.717) is 12.5 Å². The number of nitrogens with one attached hydrogen (secondary N) is 1. The van der Waals surface area contributed by atoms with Crippen molar-refractivity contribution in [1.29, 1.82) is 0 Å². The normalized spacial score (nSPS) is 11.7. The van der Waals surface area contributed by atoms with Crippen LogP contribution in [0, 0.1) is 11.6 Å². The summed E-state index contributed by atoms with van der Waals surface area (Å²) in [7, 11) is -3.81. The van der Waals surface area contributed by atoms with Crippen LogP contribution in [0.4, 0.5) is 8.78 Å². The van der Waals surface area contributed by atoms with Crippen molar-refractivity contribution in [2.45, 2.75) is 24.7 Å². The van der Waals surface area contributed by atoms with E-state index in [-0.39, 0.29) is 11.4 Å². The van der Waals surface area contributed by atoms with Gasteiger partial charge in [-0.1, -0.05) is 13.3 Å². The van der Waals surface area contributed by atoms with Crippen LogP contribution in [-0.4, -0.2) is 15.0 Å². The molecule has 0 amide bonds. The van der Waals surface area contributed by atoms with Crippen molar-refractivity contribution in [3.8, 4) is 0 Å². The lowest BCUT2D eigenvalue weighted by molar-refractivity contribution is 0.560. The summed E-state index contributed by atoms with van der Waals surface area (Å²) in [5.74, 6) is -1.81. The average Bonchev–Trinajstić information content (AvgIpc) is 2.16. The van der Waals surface area contributed by atoms with Crippen LogP contribution in [0.15, 0.2) is 23.1 Å². The third-order valence-corrected chi connectivity index (χ3v) is 3.41. The fourth-order valence-corrected chi connectivity index (χ4v) is 2.27. The maximum atomic E-state index is 12.8. The summed E-state index contributed by atoms with van der Waals surface area (Å²) in [6.07, 6.45) is 1.51. The highest BCUT2D eigenvalue weighted by atomic mass is 32.2. The first-order chi connectivity index (χ1) is 7.45. The molecule has 0 bridgehead atoms. The van der Waals surface area contributed by atoms with Crippen LogP contribution in [-0.2, 0) is 10.0 Å². The Morgan fingerprint density at radius 1 is 1.19 bits per heavy atom. The molecule has 0 aliphatic rings. The highest BCUT2D eigenvalue weighted by molar-refractivity contribution is 7.89. The molecule has 0 atom stereocenters. The molecule has 0 unspecified atom stereocenters. The lowest BCUT2D eigenvalue weighted by Crippen LogP contribution is -2.24. The second-order valence-corrected chi connectivity index (χ2v) is 5.12. The zero-order valence-electron chi connectivity index (χ0n) is 8.83. The second kappa shape index (κ2) is 5.36. The Hall–Kier alpha value is -1.01. The van der Waals surface area contributed by atoms with E-state index in [9.17, 15) is 17.2 Å². The van der Waals surface area contributed by atoms with Crippen LogP contribution in [0.3, 0.4) is 0 Å². The molecule has 0 aliphatic heterocycles.